The van der Waals surface area contributed by atoms with Crippen LogP contribution in [0.15, 0.2) is 16.8 Å². The van der Waals surface area contributed by atoms with Crippen molar-refractivity contribution in [2.24, 2.45) is 0 Å². The van der Waals surface area contributed by atoms with Crippen LogP contribution in [0.4, 0.5) is 0 Å². The van der Waals surface area contributed by atoms with Crippen LogP contribution in [-0.4, -0.2) is 9.97 Å². The minimum Gasteiger partial charge on any atom is -0.445 e. The van der Waals surface area contributed by atoms with E-state index in [-0.39, 0.29) is 0 Å². The second-order valence-electron chi connectivity index (χ2n) is 6.89. The number of hydrogen-bond acceptors (Lipinski definition) is 4. The van der Waals surface area contributed by atoms with Crippen LogP contribution in [0.1, 0.15) is 99.6 Å². The lowest BCUT2D eigenvalue weighted by Crippen LogP contribution is -1.98. The van der Waals surface area contributed by atoms with Gasteiger partial charge in [0.1, 0.15) is 5.76 Å². The SMILES string of the molecule is CC(C)c1cnc(C(C)CCC(C)c2cnc(C(C)C)s2)o1. The molecule has 4 heteroatoms. The van der Waals surface area contributed by atoms with Gasteiger partial charge in [-0.2, -0.15) is 0 Å². The third-order valence-corrected chi connectivity index (χ3v) is 5.62. The summed E-state index contributed by atoms with van der Waals surface area (Å²) in [7, 11) is 0. The van der Waals surface area contributed by atoms with Gasteiger partial charge in [0.25, 0.3) is 0 Å². The first kappa shape index (κ1) is 17.2. The van der Waals surface area contributed by atoms with Gasteiger partial charge in [-0.05, 0) is 18.8 Å². The van der Waals surface area contributed by atoms with E-state index in [4.69, 9.17) is 4.42 Å². The first-order chi connectivity index (χ1) is 10.4. The molecule has 0 radical (unpaired) electrons. The summed E-state index contributed by atoms with van der Waals surface area (Å²) in [5, 5.41) is 1.24. The zero-order valence-corrected chi connectivity index (χ0v) is 15.4. The number of hydrogen-bond donors (Lipinski definition) is 0. The molecule has 0 spiro atoms. The summed E-state index contributed by atoms with van der Waals surface area (Å²) in [6.07, 6.45) is 6.16. The van der Waals surface area contributed by atoms with Gasteiger partial charge in [-0.15, -0.1) is 11.3 Å². The Morgan fingerprint density at radius 2 is 1.59 bits per heavy atom. The number of aromatic nitrogens is 2. The maximum absolute atomic E-state index is 5.86. The Morgan fingerprint density at radius 3 is 2.14 bits per heavy atom. The normalized spacial score (nSPS) is 14.7. The predicted octanol–water partition coefficient (Wildman–Crippen LogP) is 6.07. The molecule has 2 aromatic rings. The molecule has 122 valence electrons. The summed E-state index contributed by atoms with van der Waals surface area (Å²) in [4.78, 5) is 10.4. The molecule has 22 heavy (non-hydrogen) atoms. The topological polar surface area (TPSA) is 38.9 Å². The van der Waals surface area contributed by atoms with E-state index in [1.54, 1.807) is 0 Å². The highest BCUT2D eigenvalue weighted by Gasteiger charge is 2.17. The second-order valence-corrected chi connectivity index (χ2v) is 7.98. The summed E-state index contributed by atoms with van der Waals surface area (Å²) in [5.41, 5.74) is 0. The molecular weight excluding hydrogens is 292 g/mol. The quantitative estimate of drug-likeness (QED) is 0.622. The minimum absolute atomic E-state index is 0.368. The summed E-state index contributed by atoms with van der Waals surface area (Å²) in [6.45, 7) is 13.2. The third-order valence-electron chi connectivity index (χ3n) is 4.09. The fourth-order valence-electron chi connectivity index (χ4n) is 2.36. The third kappa shape index (κ3) is 4.19. The van der Waals surface area contributed by atoms with Gasteiger partial charge in [-0.25, -0.2) is 9.97 Å². The molecule has 0 fully saturated rings. The summed E-state index contributed by atoms with van der Waals surface area (Å²) in [5.74, 6) is 3.70. The van der Waals surface area contributed by atoms with Gasteiger partial charge in [-0.3, -0.25) is 0 Å². The molecule has 2 atom stereocenters. The first-order valence-electron chi connectivity index (χ1n) is 8.29. The van der Waals surface area contributed by atoms with Gasteiger partial charge >= 0.3 is 0 Å². The van der Waals surface area contributed by atoms with E-state index in [0.29, 0.717) is 23.7 Å². The van der Waals surface area contributed by atoms with Crippen LogP contribution >= 0.6 is 11.3 Å². The lowest BCUT2D eigenvalue weighted by molar-refractivity contribution is 0.398. The van der Waals surface area contributed by atoms with Crippen molar-refractivity contribution in [3.05, 3.63) is 33.9 Å². The Labute approximate surface area is 138 Å². The van der Waals surface area contributed by atoms with Gasteiger partial charge in [0.2, 0.25) is 0 Å². The van der Waals surface area contributed by atoms with Gasteiger partial charge in [0, 0.05) is 28.8 Å². The molecule has 0 aromatic carbocycles. The molecule has 2 heterocycles. The van der Waals surface area contributed by atoms with E-state index in [9.17, 15) is 0 Å². The number of thiazole rings is 1. The lowest BCUT2D eigenvalue weighted by atomic mass is 9.97. The van der Waals surface area contributed by atoms with Crippen LogP contribution in [0.3, 0.4) is 0 Å². The molecule has 0 aliphatic heterocycles. The standard InChI is InChI=1S/C18H28N2OS/c1-11(2)15-9-19-17(21-15)14(6)8-7-13(5)16-10-20-18(22-16)12(3)4/h9-14H,7-8H2,1-6H3. The van der Waals surface area contributed by atoms with Crippen molar-refractivity contribution < 1.29 is 4.42 Å². The van der Waals surface area contributed by atoms with Crippen LogP contribution in [0.5, 0.6) is 0 Å². The smallest absolute Gasteiger partial charge is 0.197 e. The molecule has 2 rings (SSSR count). The van der Waals surface area contributed by atoms with Crippen molar-refractivity contribution in [2.75, 3.05) is 0 Å². The molecule has 0 saturated carbocycles. The van der Waals surface area contributed by atoms with Crippen molar-refractivity contribution in [3.8, 4) is 0 Å². The fourth-order valence-corrected chi connectivity index (χ4v) is 3.36. The highest BCUT2D eigenvalue weighted by Crippen LogP contribution is 2.32. The predicted molar refractivity (Wildman–Crippen MR) is 92.9 cm³/mol. The van der Waals surface area contributed by atoms with Crippen molar-refractivity contribution in [1.29, 1.82) is 0 Å². The largest absolute Gasteiger partial charge is 0.445 e. The molecule has 0 aliphatic rings. The van der Waals surface area contributed by atoms with E-state index in [0.717, 1.165) is 24.5 Å². The van der Waals surface area contributed by atoms with Gasteiger partial charge in [-0.1, -0.05) is 41.5 Å². The van der Waals surface area contributed by atoms with E-state index in [1.165, 1.54) is 9.88 Å². The average molecular weight is 321 g/mol. The number of nitrogens with zero attached hydrogens (tertiary/aromatic N) is 2. The van der Waals surface area contributed by atoms with E-state index in [2.05, 4.69) is 57.7 Å². The van der Waals surface area contributed by atoms with Crippen molar-refractivity contribution in [1.82, 2.24) is 9.97 Å². The Kier molecular flexibility index (Phi) is 5.79. The molecule has 0 aliphatic carbocycles. The van der Waals surface area contributed by atoms with Gasteiger partial charge in [0.05, 0.1) is 11.2 Å². The Hall–Kier alpha value is -1.16. The molecule has 3 nitrogen and oxygen atoms in total. The van der Waals surface area contributed by atoms with E-state index in [1.807, 2.05) is 17.5 Å². The van der Waals surface area contributed by atoms with Crippen LogP contribution < -0.4 is 0 Å². The highest BCUT2D eigenvalue weighted by atomic mass is 32.1. The Morgan fingerprint density at radius 1 is 0.909 bits per heavy atom. The van der Waals surface area contributed by atoms with Crippen LogP contribution in [-0.2, 0) is 0 Å². The summed E-state index contributed by atoms with van der Waals surface area (Å²) >= 11 is 1.85. The minimum atomic E-state index is 0.368. The average Bonchev–Trinajstić information content (AvgIpc) is 3.12. The molecule has 2 unspecified atom stereocenters. The monoisotopic (exact) mass is 320 g/mol. The zero-order valence-electron chi connectivity index (χ0n) is 14.6. The van der Waals surface area contributed by atoms with Crippen molar-refractivity contribution >= 4 is 11.3 Å². The van der Waals surface area contributed by atoms with Gasteiger partial charge < -0.3 is 4.42 Å². The van der Waals surface area contributed by atoms with Gasteiger partial charge in [0.15, 0.2) is 5.89 Å². The zero-order chi connectivity index (χ0) is 16.3. The van der Waals surface area contributed by atoms with Crippen LogP contribution in [0.25, 0.3) is 0 Å². The molecular formula is C18H28N2OS. The Bertz CT molecular complexity index is 533. The Balaban J connectivity index is 1.90. The van der Waals surface area contributed by atoms with E-state index < -0.39 is 0 Å². The number of rotatable bonds is 7. The van der Waals surface area contributed by atoms with Crippen LogP contribution in [0.2, 0.25) is 0 Å². The first-order valence-corrected chi connectivity index (χ1v) is 9.11. The van der Waals surface area contributed by atoms with Crippen LogP contribution in [0, 0.1) is 0 Å². The summed E-state index contributed by atoms with van der Waals surface area (Å²) < 4.78 is 5.86. The molecule has 0 saturated heterocycles. The maximum Gasteiger partial charge on any atom is 0.197 e. The van der Waals surface area contributed by atoms with Crippen molar-refractivity contribution in [3.63, 3.8) is 0 Å². The highest BCUT2D eigenvalue weighted by molar-refractivity contribution is 7.11. The molecule has 2 aromatic heterocycles. The lowest BCUT2D eigenvalue weighted by Gasteiger charge is -2.12. The fraction of sp³-hybridized carbons (Fsp3) is 0.667. The molecule has 0 N–H and O–H groups in total. The number of oxazole rings is 1. The van der Waals surface area contributed by atoms with E-state index >= 15 is 0 Å². The summed E-state index contributed by atoms with van der Waals surface area (Å²) in [6, 6.07) is 0. The molecule has 0 amide bonds. The maximum atomic E-state index is 5.86. The molecule has 0 bridgehead atoms. The second kappa shape index (κ2) is 7.40. The van der Waals surface area contributed by atoms with Crippen molar-refractivity contribution in [2.45, 2.75) is 78.1 Å².